The van der Waals surface area contributed by atoms with Gasteiger partial charge in [0.25, 0.3) is 0 Å². The molecule has 0 spiro atoms. The topological polar surface area (TPSA) is 49.3 Å². The SMILES string of the molecule is O=C(CO)NC1CCC1. The molecular weight excluding hydrogens is 118 g/mol. The Morgan fingerprint density at radius 3 is 2.67 bits per heavy atom. The Morgan fingerprint density at radius 2 is 2.33 bits per heavy atom. The van der Waals surface area contributed by atoms with Gasteiger partial charge < -0.3 is 10.4 Å². The lowest BCUT2D eigenvalue weighted by molar-refractivity contribution is -0.125. The predicted molar refractivity (Wildman–Crippen MR) is 32.9 cm³/mol. The first-order chi connectivity index (χ1) is 4.33. The molecule has 1 aliphatic rings. The maximum atomic E-state index is 10.5. The van der Waals surface area contributed by atoms with E-state index >= 15 is 0 Å². The number of aliphatic hydroxyl groups excluding tert-OH is 1. The average molecular weight is 129 g/mol. The van der Waals surface area contributed by atoms with Crippen LogP contribution in [-0.4, -0.2) is 23.7 Å². The van der Waals surface area contributed by atoms with Crippen LogP contribution in [0, 0.1) is 0 Å². The van der Waals surface area contributed by atoms with E-state index in [0.29, 0.717) is 6.04 Å². The van der Waals surface area contributed by atoms with Gasteiger partial charge in [-0.2, -0.15) is 0 Å². The third kappa shape index (κ3) is 1.68. The first-order valence-electron chi connectivity index (χ1n) is 3.23. The molecule has 3 nitrogen and oxygen atoms in total. The molecule has 0 radical (unpaired) electrons. The summed E-state index contributed by atoms with van der Waals surface area (Å²) in [5, 5.41) is 11.0. The van der Waals surface area contributed by atoms with Crippen LogP contribution in [-0.2, 0) is 4.79 Å². The minimum absolute atomic E-state index is 0.250. The molecule has 0 unspecified atom stereocenters. The fourth-order valence-corrected chi connectivity index (χ4v) is 0.826. The normalized spacial score (nSPS) is 18.8. The van der Waals surface area contributed by atoms with E-state index in [9.17, 15) is 4.79 Å². The number of hydrogen-bond acceptors (Lipinski definition) is 2. The maximum Gasteiger partial charge on any atom is 0.245 e. The molecule has 0 aromatic carbocycles. The molecule has 1 fully saturated rings. The van der Waals surface area contributed by atoms with Crippen LogP contribution in [0.5, 0.6) is 0 Å². The molecule has 3 heteroatoms. The summed E-state index contributed by atoms with van der Waals surface area (Å²) in [7, 11) is 0. The molecule has 0 aromatic heterocycles. The van der Waals surface area contributed by atoms with Gasteiger partial charge >= 0.3 is 0 Å². The molecule has 0 aliphatic heterocycles. The third-order valence-electron chi connectivity index (χ3n) is 1.61. The Bertz CT molecular complexity index is 110. The number of aliphatic hydroxyl groups is 1. The molecule has 52 valence electrons. The highest BCUT2D eigenvalue weighted by molar-refractivity contribution is 5.77. The van der Waals surface area contributed by atoms with E-state index in [4.69, 9.17) is 5.11 Å². The predicted octanol–water partition coefficient (Wildman–Crippen LogP) is -0.353. The van der Waals surface area contributed by atoms with Gasteiger partial charge in [-0.25, -0.2) is 0 Å². The second-order valence-electron chi connectivity index (χ2n) is 2.35. The summed E-state index contributed by atoms with van der Waals surface area (Å²) in [4.78, 5) is 10.5. The molecule has 0 saturated heterocycles. The van der Waals surface area contributed by atoms with Crippen molar-refractivity contribution in [3.05, 3.63) is 0 Å². The molecular formula is C6H11NO2. The van der Waals surface area contributed by atoms with Gasteiger partial charge in [0.1, 0.15) is 6.61 Å². The van der Waals surface area contributed by atoms with Crippen molar-refractivity contribution < 1.29 is 9.90 Å². The molecule has 0 atom stereocenters. The zero-order valence-electron chi connectivity index (χ0n) is 5.26. The number of carbonyl (C=O) groups is 1. The smallest absolute Gasteiger partial charge is 0.245 e. The summed E-state index contributed by atoms with van der Waals surface area (Å²) in [5.41, 5.74) is 0. The first-order valence-corrected chi connectivity index (χ1v) is 3.23. The summed E-state index contributed by atoms with van der Waals surface area (Å²) in [5.74, 6) is -0.250. The summed E-state index contributed by atoms with van der Waals surface area (Å²) in [6.07, 6.45) is 3.36. The molecule has 1 aliphatic carbocycles. The Morgan fingerprint density at radius 1 is 1.67 bits per heavy atom. The van der Waals surface area contributed by atoms with Crippen molar-refractivity contribution in [1.82, 2.24) is 5.32 Å². The molecule has 1 saturated carbocycles. The van der Waals surface area contributed by atoms with Crippen LogP contribution >= 0.6 is 0 Å². The molecule has 1 rings (SSSR count). The third-order valence-corrected chi connectivity index (χ3v) is 1.61. The fourth-order valence-electron chi connectivity index (χ4n) is 0.826. The molecule has 9 heavy (non-hydrogen) atoms. The van der Waals surface area contributed by atoms with Crippen LogP contribution in [0.1, 0.15) is 19.3 Å². The highest BCUT2D eigenvalue weighted by Gasteiger charge is 2.18. The molecule has 2 N–H and O–H groups in total. The zero-order chi connectivity index (χ0) is 6.69. The number of carbonyl (C=O) groups excluding carboxylic acids is 1. The van der Waals surface area contributed by atoms with Crippen molar-refractivity contribution in [2.24, 2.45) is 0 Å². The van der Waals surface area contributed by atoms with Crippen LogP contribution in [0.3, 0.4) is 0 Å². The van der Waals surface area contributed by atoms with Crippen LogP contribution < -0.4 is 5.32 Å². The van der Waals surface area contributed by atoms with E-state index in [-0.39, 0.29) is 12.5 Å². The highest BCUT2D eigenvalue weighted by atomic mass is 16.3. The standard InChI is InChI=1S/C6H11NO2/c8-4-6(9)7-5-2-1-3-5/h5,8H,1-4H2,(H,7,9). The van der Waals surface area contributed by atoms with Gasteiger partial charge in [-0.05, 0) is 19.3 Å². The lowest BCUT2D eigenvalue weighted by atomic mass is 9.93. The van der Waals surface area contributed by atoms with E-state index in [1.54, 1.807) is 0 Å². The van der Waals surface area contributed by atoms with Gasteiger partial charge in [0.15, 0.2) is 0 Å². The van der Waals surface area contributed by atoms with Gasteiger partial charge in [0, 0.05) is 6.04 Å². The summed E-state index contributed by atoms with van der Waals surface area (Å²) < 4.78 is 0. The Hall–Kier alpha value is -0.570. The summed E-state index contributed by atoms with van der Waals surface area (Å²) in [6, 6.07) is 0.352. The van der Waals surface area contributed by atoms with Gasteiger partial charge in [0.05, 0.1) is 0 Å². The van der Waals surface area contributed by atoms with Gasteiger partial charge in [0.2, 0.25) is 5.91 Å². The molecule has 0 heterocycles. The number of hydrogen-bond donors (Lipinski definition) is 2. The minimum atomic E-state index is -0.378. The van der Waals surface area contributed by atoms with Crippen LogP contribution in [0.15, 0.2) is 0 Å². The number of nitrogens with one attached hydrogen (secondary N) is 1. The maximum absolute atomic E-state index is 10.5. The second kappa shape index (κ2) is 2.82. The quantitative estimate of drug-likeness (QED) is 0.535. The van der Waals surface area contributed by atoms with Gasteiger partial charge in [-0.15, -0.1) is 0 Å². The molecule has 1 amide bonds. The van der Waals surface area contributed by atoms with Gasteiger partial charge in [-0.1, -0.05) is 0 Å². The van der Waals surface area contributed by atoms with Crippen molar-refractivity contribution in [3.8, 4) is 0 Å². The van der Waals surface area contributed by atoms with Crippen molar-refractivity contribution in [1.29, 1.82) is 0 Å². The Balaban J connectivity index is 2.09. The largest absolute Gasteiger partial charge is 0.387 e. The van der Waals surface area contributed by atoms with Crippen molar-refractivity contribution in [3.63, 3.8) is 0 Å². The minimum Gasteiger partial charge on any atom is -0.387 e. The average Bonchev–Trinajstić information content (AvgIpc) is 1.78. The fraction of sp³-hybridized carbons (Fsp3) is 0.833. The van der Waals surface area contributed by atoms with E-state index in [0.717, 1.165) is 12.8 Å². The monoisotopic (exact) mass is 129 g/mol. The lowest BCUT2D eigenvalue weighted by Crippen LogP contribution is -2.40. The van der Waals surface area contributed by atoms with E-state index in [1.807, 2.05) is 0 Å². The number of amides is 1. The summed E-state index contributed by atoms with van der Waals surface area (Å²) >= 11 is 0. The van der Waals surface area contributed by atoms with Gasteiger partial charge in [-0.3, -0.25) is 4.79 Å². The second-order valence-corrected chi connectivity index (χ2v) is 2.35. The Labute approximate surface area is 54.1 Å². The summed E-state index contributed by atoms with van der Waals surface area (Å²) in [6.45, 7) is -0.378. The number of rotatable bonds is 2. The Kier molecular flexibility index (Phi) is 2.05. The first kappa shape index (κ1) is 6.55. The zero-order valence-corrected chi connectivity index (χ0v) is 5.26. The van der Waals surface area contributed by atoms with E-state index < -0.39 is 0 Å². The molecule has 0 aromatic rings. The van der Waals surface area contributed by atoms with Crippen LogP contribution in [0.25, 0.3) is 0 Å². The van der Waals surface area contributed by atoms with Crippen LogP contribution in [0.4, 0.5) is 0 Å². The van der Waals surface area contributed by atoms with Crippen molar-refractivity contribution in [2.75, 3.05) is 6.61 Å². The lowest BCUT2D eigenvalue weighted by Gasteiger charge is -2.25. The molecule has 0 bridgehead atoms. The highest BCUT2D eigenvalue weighted by Crippen LogP contribution is 2.17. The van der Waals surface area contributed by atoms with E-state index in [1.165, 1.54) is 6.42 Å². The van der Waals surface area contributed by atoms with Crippen LogP contribution in [0.2, 0.25) is 0 Å². The van der Waals surface area contributed by atoms with E-state index in [2.05, 4.69) is 5.32 Å². The van der Waals surface area contributed by atoms with Crippen molar-refractivity contribution >= 4 is 5.91 Å². The van der Waals surface area contributed by atoms with Crippen molar-refractivity contribution in [2.45, 2.75) is 25.3 Å².